The van der Waals surface area contributed by atoms with E-state index in [1.165, 1.54) is 23.5 Å². The molecule has 0 unspecified atom stereocenters. The maximum Gasteiger partial charge on any atom is 0.277 e. The number of hydrogen-bond donors (Lipinski definition) is 0. The maximum absolute atomic E-state index is 10.9. The zero-order valence-electron chi connectivity index (χ0n) is 10.4. The van der Waals surface area contributed by atoms with Crippen molar-refractivity contribution in [2.24, 2.45) is 0 Å². The molecular weight excluding hydrogens is 294 g/mol. The molecule has 0 radical (unpaired) electrons. The molecule has 1 heterocycles. The van der Waals surface area contributed by atoms with Crippen molar-refractivity contribution >= 4 is 32.9 Å². The monoisotopic (exact) mass is 301 g/mol. The van der Waals surface area contributed by atoms with E-state index in [2.05, 4.69) is 4.98 Å². The van der Waals surface area contributed by atoms with Gasteiger partial charge >= 0.3 is 0 Å². The predicted octanol–water partition coefficient (Wildman–Crippen LogP) is 3.78. The molecule has 0 saturated heterocycles. The number of hydrogen-bond acceptors (Lipinski definition) is 6. The number of aromatic nitrogens is 1. The smallest absolute Gasteiger partial charge is 0.258 e. The number of nitro groups is 2. The van der Waals surface area contributed by atoms with Gasteiger partial charge in [0.15, 0.2) is 0 Å². The third-order valence-corrected chi connectivity index (χ3v) is 3.95. The van der Waals surface area contributed by atoms with Crippen LogP contribution in [0.15, 0.2) is 42.5 Å². The molecule has 0 N–H and O–H groups in total. The number of para-hydroxylation sites is 1. The van der Waals surface area contributed by atoms with E-state index in [9.17, 15) is 20.2 Å². The Balaban J connectivity index is 2.20. The molecule has 0 saturated carbocycles. The van der Waals surface area contributed by atoms with Crippen LogP contribution < -0.4 is 0 Å². The van der Waals surface area contributed by atoms with Crippen LogP contribution in [-0.4, -0.2) is 14.8 Å². The first-order chi connectivity index (χ1) is 10.0. The lowest BCUT2D eigenvalue weighted by molar-refractivity contribution is -0.394. The molecular formula is C13H7N3O4S. The van der Waals surface area contributed by atoms with Crippen molar-refractivity contribution in [2.75, 3.05) is 0 Å². The molecule has 0 atom stereocenters. The lowest BCUT2D eigenvalue weighted by atomic mass is 10.2. The molecule has 0 aliphatic rings. The van der Waals surface area contributed by atoms with Crippen molar-refractivity contribution in [3.8, 4) is 10.6 Å². The van der Waals surface area contributed by atoms with Crippen LogP contribution in [0.2, 0.25) is 0 Å². The Morgan fingerprint density at radius 1 is 0.952 bits per heavy atom. The van der Waals surface area contributed by atoms with Gasteiger partial charge in [0.05, 0.1) is 26.1 Å². The summed E-state index contributed by atoms with van der Waals surface area (Å²) >= 11 is 1.33. The third kappa shape index (κ3) is 2.43. The Hall–Kier alpha value is -2.87. The van der Waals surface area contributed by atoms with E-state index in [1.807, 2.05) is 24.3 Å². The summed E-state index contributed by atoms with van der Waals surface area (Å²) in [7, 11) is 0. The minimum atomic E-state index is -0.649. The molecule has 0 amide bonds. The maximum atomic E-state index is 10.9. The van der Waals surface area contributed by atoms with Crippen LogP contribution in [0.25, 0.3) is 20.8 Å². The molecule has 2 aromatic carbocycles. The summed E-state index contributed by atoms with van der Waals surface area (Å²) in [5.41, 5.74) is 0.487. The zero-order valence-corrected chi connectivity index (χ0v) is 11.2. The summed E-state index contributed by atoms with van der Waals surface area (Å²) in [6.45, 7) is 0. The van der Waals surface area contributed by atoms with Gasteiger partial charge in [-0.25, -0.2) is 4.98 Å². The van der Waals surface area contributed by atoms with Crippen LogP contribution in [0, 0.1) is 20.2 Å². The van der Waals surface area contributed by atoms with Crippen molar-refractivity contribution in [2.45, 2.75) is 0 Å². The summed E-state index contributed by atoms with van der Waals surface area (Å²) in [6.07, 6.45) is 0. The van der Waals surface area contributed by atoms with Crippen molar-refractivity contribution in [3.05, 3.63) is 62.7 Å². The van der Waals surface area contributed by atoms with Crippen molar-refractivity contribution < 1.29 is 9.85 Å². The third-order valence-electron chi connectivity index (χ3n) is 2.87. The fraction of sp³-hybridized carbons (Fsp3) is 0. The van der Waals surface area contributed by atoms with E-state index in [0.717, 1.165) is 16.3 Å². The molecule has 3 rings (SSSR count). The average molecular weight is 301 g/mol. The first-order valence-corrected chi connectivity index (χ1v) is 6.66. The molecule has 8 heteroatoms. The summed E-state index contributed by atoms with van der Waals surface area (Å²) in [4.78, 5) is 24.9. The van der Waals surface area contributed by atoms with Crippen LogP contribution >= 0.6 is 11.3 Å². The molecule has 0 aliphatic heterocycles. The Morgan fingerprint density at radius 3 is 2.14 bits per heavy atom. The molecule has 0 bridgehead atoms. The molecule has 0 fully saturated rings. The fourth-order valence-corrected chi connectivity index (χ4v) is 2.88. The highest BCUT2D eigenvalue weighted by molar-refractivity contribution is 7.21. The lowest BCUT2D eigenvalue weighted by Crippen LogP contribution is -1.93. The Bertz CT molecular complexity index is 809. The SMILES string of the molecule is O=[N+]([O-])c1cc(-c2nc3ccccc3s2)cc([N+](=O)[O-])c1. The van der Waals surface area contributed by atoms with Crippen LogP contribution in [0.5, 0.6) is 0 Å². The second kappa shape index (κ2) is 4.91. The molecule has 21 heavy (non-hydrogen) atoms. The summed E-state index contributed by atoms with van der Waals surface area (Å²) in [5, 5.41) is 22.3. The van der Waals surface area contributed by atoms with Gasteiger partial charge in [-0.3, -0.25) is 20.2 Å². The number of fused-ring (bicyclic) bond motifs is 1. The first-order valence-electron chi connectivity index (χ1n) is 5.84. The minimum absolute atomic E-state index is 0.321. The topological polar surface area (TPSA) is 99.2 Å². The average Bonchev–Trinajstić information content (AvgIpc) is 2.90. The summed E-state index contributed by atoms with van der Waals surface area (Å²) in [6, 6.07) is 10.9. The van der Waals surface area contributed by atoms with E-state index < -0.39 is 9.85 Å². The number of nitro benzene ring substituents is 2. The number of thiazole rings is 1. The van der Waals surface area contributed by atoms with Gasteiger partial charge in [0.1, 0.15) is 5.01 Å². The van der Waals surface area contributed by atoms with Crippen LogP contribution in [0.1, 0.15) is 0 Å². The van der Waals surface area contributed by atoms with Crippen LogP contribution in [-0.2, 0) is 0 Å². The van der Waals surface area contributed by atoms with E-state index in [1.54, 1.807) is 0 Å². The van der Waals surface area contributed by atoms with Gasteiger partial charge in [0.2, 0.25) is 0 Å². The molecule has 0 aliphatic carbocycles. The quantitative estimate of drug-likeness (QED) is 0.541. The highest BCUT2D eigenvalue weighted by Crippen LogP contribution is 2.34. The highest BCUT2D eigenvalue weighted by Gasteiger charge is 2.18. The Kier molecular flexibility index (Phi) is 3.07. The van der Waals surface area contributed by atoms with E-state index in [0.29, 0.717) is 10.6 Å². The predicted molar refractivity (Wildman–Crippen MR) is 78.4 cm³/mol. The number of nitrogens with zero attached hydrogens (tertiary/aromatic N) is 3. The molecule has 3 aromatic rings. The van der Waals surface area contributed by atoms with Crippen molar-refractivity contribution in [3.63, 3.8) is 0 Å². The van der Waals surface area contributed by atoms with Gasteiger partial charge in [0, 0.05) is 17.7 Å². The number of benzene rings is 2. The summed E-state index contributed by atoms with van der Waals surface area (Å²) in [5.74, 6) is 0. The second-order valence-corrected chi connectivity index (χ2v) is 5.27. The van der Waals surface area contributed by atoms with Crippen LogP contribution in [0.4, 0.5) is 11.4 Å². The summed E-state index contributed by atoms with van der Waals surface area (Å²) < 4.78 is 0.918. The van der Waals surface area contributed by atoms with Gasteiger partial charge in [-0.05, 0) is 12.1 Å². The second-order valence-electron chi connectivity index (χ2n) is 4.24. The van der Waals surface area contributed by atoms with E-state index >= 15 is 0 Å². The highest BCUT2D eigenvalue weighted by atomic mass is 32.1. The zero-order chi connectivity index (χ0) is 15.0. The van der Waals surface area contributed by atoms with Gasteiger partial charge in [0.25, 0.3) is 11.4 Å². The van der Waals surface area contributed by atoms with Gasteiger partial charge in [-0.2, -0.15) is 0 Å². The lowest BCUT2D eigenvalue weighted by Gasteiger charge is -1.98. The molecule has 7 nitrogen and oxygen atoms in total. The standard InChI is InChI=1S/C13H7N3O4S/c17-15(18)9-5-8(6-10(7-9)16(19)20)13-14-11-3-1-2-4-12(11)21-13/h1-7H. The molecule has 0 spiro atoms. The van der Waals surface area contributed by atoms with Gasteiger partial charge in [-0.15, -0.1) is 11.3 Å². The first kappa shape index (κ1) is 13.1. The van der Waals surface area contributed by atoms with E-state index in [4.69, 9.17) is 0 Å². The number of non-ortho nitro benzene ring substituents is 2. The molecule has 104 valence electrons. The minimum Gasteiger partial charge on any atom is -0.258 e. The molecule has 1 aromatic heterocycles. The Morgan fingerprint density at radius 2 is 1.57 bits per heavy atom. The normalized spacial score (nSPS) is 10.7. The van der Waals surface area contributed by atoms with Crippen molar-refractivity contribution in [1.29, 1.82) is 0 Å². The van der Waals surface area contributed by atoms with Crippen LogP contribution in [0.3, 0.4) is 0 Å². The van der Waals surface area contributed by atoms with E-state index in [-0.39, 0.29) is 11.4 Å². The van der Waals surface area contributed by atoms with Gasteiger partial charge < -0.3 is 0 Å². The number of rotatable bonds is 3. The van der Waals surface area contributed by atoms with Gasteiger partial charge in [-0.1, -0.05) is 12.1 Å². The fourth-order valence-electron chi connectivity index (χ4n) is 1.93. The van der Waals surface area contributed by atoms with Crippen molar-refractivity contribution in [1.82, 2.24) is 4.98 Å². The largest absolute Gasteiger partial charge is 0.277 e. The Labute approximate surface area is 121 Å².